The predicted molar refractivity (Wildman–Crippen MR) is 295 cm³/mol. The summed E-state index contributed by atoms with van der Waals surface area (Å²) in [7, 11) is 1.63. The maximum absolute atomic E-state index is 13.0. The molecule has 3 N–H and O–H groups in total. The molecular weight excluding hydrogens is 864 g/mol. The normalized spacial score (nSPS) is 13.9. The van der Waals surface area contributed by atoms with Crippen LogP contribution in [0.4, 0.5) is 0 Å². The summed E-state index contributed by atoms with van der Waals surface area (Å²) < 4.78 is 23.8. The molecule has 0 aliphatic carbocycles. The highest BCUT2D eigenvalue weighted by Gasteiger charge is 2.28. The SMILES string of the molecule is CCCCCCCCCCCCCC/C=C\CCCCCCCCCC(=O)NC(COP(=O)(O)OCC[N+](C)(C)C)C(O)CCCCCCCCCCCCCCCCCCCCCCCCC. The second-order valence-electron chi connectivity index (χ2n) is 22.1. The van der Waals surface area contributed by atoms with Gasteiger partial charge in [-0.3, -0.25) is 13.8 Å². The summed E-state index contributed by atoms with van der Waals surface area (Å²) in [5.41, 5.74) is 0. The smallest absolute Gasteiger partial charge is 0.391 e. The number of amides is 1. The maximum atomic E-state index is 13.0. The molecule has 0 aliphatic rings. The van der Waals surface area contributed by atoms with Crippen LogP contribution in [0.15, 0.2) is 12.2 Å². The number of rotatable bonds is 56. The molecule has 3 unspecified atom stereocenters. The molecular formula is C59H120N2O6P+. The fourth-order valence-corrected chi connectivity index (χ4v) is 10.0. The van der Waals surface area contributed by atoms with Crippen molar-refractivity contribution in [3.05, 3.63) is 12.2 Å². The van der Waals surface area contributed by atoms with Crippen LogP contribution < -0.4 is 5.32 Å². The third kappa shape index (κ3) is 53.0. The highest BCUT2D eigenvalue weighted by molar-refractivity contribution is 7.47. The number of phosphoric ester groups is 1. The number of quaternary nitrogens is 1. The second-order valence-corrected chi connectivity index (χ2v) is 23.5. The van der Waals surface area contributed by atoms with Crippen molar-refractivity contribution in [2.45, 2.75) is 321 Å². The van der Waals surface area contributed by atoms with E-state index in [-0.39, 0.29) is 19.1 Å². The molecule has 0 spiro atoms. The molecule has 0 aromatic rings. The Morgan fingerprint density at radius 1 is 0.485 bits per heavy atom. The van der Waals surface area contributed by atoms with E-state index >= 15 is 0 Å². The van der Waals surface area contributed by atoms with Crippen LogP contribution in [0.2, 0.25) is 0 Å². The van der Waals surface area contributed by atoms with Crippen LogP contribution in [0.1, 0.15) is 309 Å². The number of allylic oxidation sites excluding steroid dienone is 2. The van der Waals surface area contributed by atoms with Crippen LogP contribution in [0.5, 0.6) is 0 Å². The fraction of sp³-hybridized carbons (Fsp3) is 0.949. The summed E-state index contributed by atoms with van der Waals surface area (Å²) in [6.07, 6.45) is 62.7. The number of aliphatic hydroxyl groups is 1. The molecule has 0 bridgehead atoms. The van der Waals surface area contributed by atoms with Crippen LogP contribution in [-0.2, 0) is 18.4 Å². The lowest BCUT2D eigenvalue weighted by Crippen LogP contribution is -2.46. The summed E-state index contributed by atoms with van der Waals surface area (Å²) in [4.78, 5) is 23.4. The minimum Gasteiger partial charge on any atom is -0.391 e. The van der Waals surface area contributed by atoms with E-state index in [1.165, 1.54) is 244 Å². The molecule has 0 aromatic heterocycles. The van der Waals surface area contributed by atoms with Crippen molar-refractivity contribution in [3.63, 3.8) is 0 Å². The quantitative estimate of drug-likeness (QED) is 0.0243. The average Bonchev–Trinajstić information content (AvgIpc) is 3.30. The molecule has 406 valence electrons. The number of hydrogen-bond donors (Lipinski definition) is 3. The van der Waals surface area contributed by atoms with Crippen molar-refractivity contribution in [3.8, 4) is 0 Å². The van der Waals surface area contributed by atoms with E-state index < -0.39 is 20.0 Å². The topological polar surface area (TPSA) is 105 Å². The van der Waals surface area contributed by atoms with Crippen LogP contribution in [-0.4, -0.2) is 73.4 Å². The molecule has 68 heavy (non-hydrogen) atoms. The fourth-order valence-electron chi connectivity index (χ4n) is 9.28. The van der Waals surface area contributed by atoms with E-state index in [0.717, 1.165) is 38.5 Å². The summed E-state index contributed by atoms with van der Waals surface area (Å²) in [6.45, 7) is 4.94. The van der Waals surface area contributed by atoms with Crippen LogP contribution in [0, 0.1) is 0 Å². The maximum Gasteiger partial charge on any atom is 0.472 e. The Bertz CT molecular complexity index is 1120. The van der Waals surface area contributed by atoms with E-state index in [0.29, 0.717) is 23.9 Å². The number of nitrogens with one attached hydrogen (secondary N) is 1. The lowest BCUT2D eigenvalue weighted by molar-refractivity contribution is -0.870. The lowest BCUT2D eigenvalue weighted by Gasteiger charge is -2.26. The van der Waals surface area contributed by atoms with Gasteiger partial charge in [0.1, 0.15) is 13.2 Å². The Kier molecular flexibility index (Phi) is 50.6. The zero-order valence-corrected chi connectivity index (χ0v) is 47.3. The first-order valence-electron chi connectivity index (χ1n) is 30.1. The Balaban J connectivity index is 4.13. The Morgan fingerprint density at radius 2 is 0.794 bits per heavy atom. The van der Waals surface area contributed by atoms with Gasteiger partial charge >= 0.3 is 7.82 Å². The van der Waals surface area contributed by atoms with E-state index in [4.69, 9.17) is 9.05 Å². The molecule has 1 amide bonds. The van der Waals surface area contributed by atoms with Gasteiger partial charge in [0.15, 0.2) is 0 Å². The molecule has 9 heteroatoms. The van der Waals surface area contributed by atoms with Crippen molar-refractivity contribution in [2.24, 2.45) is 0 Å². The van der Waals surface area contributed by atoms with Gasteiger partial charge in [0, 0.05) is 6.42 Å². The number of carbonyl (C=O) groups is 1. The highest BCUT2D eigenvalue weighted by Crippen LogP contribution is 2.43. The van der Waals surface area contributed by atoms with Gasteiger partial charge in [-0.15, -0.1) is 0 Å². The predicted octanol–water partition coefficient (Wildman–Crippen LogP) is 18.2. The molecule has 0 saturated heterocycles. The zero-order chi connectivity index (χ0) is 49.9. The molecule has 0 saturated carbocycles. The van der Waals surface area contributed by atoms with Crippen LogP contribution in [0.25, 0.3) is 0 Å². The van der Waals surface area contributed by atoms with Gasteiger partial charge < -0.3 is 19.8 Å². The zero-order valence-electron chi connectivity index (χ0n) is 46.4. The van der Waals surface area contributed by atoms with Crippen molar-refractivity contribution >= 4 is 13.7 Å². The van der Waals surface area contributed by atoms with Gasteiger partial charge in [0.2, 0.25) is 5.91 Å². The van der Waals surface area contributed by atoms with Gasteiger partial charge in [-0.05, 0) is 38.5 Å². The minimum absolute atomic E-state index is 0.0763. The van der Waals surface area contributed by atoms with Crippen LogP contribution >= 0.6 is 7.82 Å². The second kappa shape index (κ2) is 51.2. The number of unbranched alkanes of at least 4 members (excludes halogenated alkanes) is 41. The lowest BCUT2D eigenvalue weighted by atomic mass is 10.0. The molecule has 0 fully saturated rings. The van der Waals surface area contributed by atoms with E-state index in [2.05, 4.69) is 31.3 Å². The molecule has 0 aromatic carbocycles. The number of phosphoric acid groups is 1. The standard InChI is InChI=1S/C59H119N2O6P/c1-6-8-10-12-14-16-18-20-22-24-26-28-30-32-34-36-38-40-42-44-46-48-50-52-58(62)57(56-67-68(64,65)66-55-54-61(3,4)5)60-59(63)53-51-49-47-45-43-41-39-37-35-33-31-29-27-25-23-21-19-17-15-13-11-9-7-2/h33,35,57-58,62H,6-32,34,36-56H2,1-5H3,(H-,60,63,64,65)/p+1/b35-33-. The summed E-state index contributed by atoms with van der Waals surface area (Å²) in [6, 6.07) is -0.761. The largest absolute Gasteiger partial charge is 0.472 e. The van der Waals surface area contributed by atoms with E-state index in [1.54, 1.807) is 0 Å². The first-order chi connectivity index (χ1) is 33.0. The van der Waals surface area contributed by atoms with E-state index in [1.807, 2.05) is 21.1 Å². The van der Waals surface area contributed by atoms with Crippen molar-refractivity contribution in [1.82, 2.24) is 5.32 Å². The first-order valence-corrected chi connectivity index (χ1v) is 31.5. The molecule has 8 nitrogen and oxygen atoms in total. The van der Waals surface area contributed by atoms with Gasteiger partial charge in [0.05, 0.1) is 39.9 Å². The molecule has 3 atom stereocenters. The monoisotopic (exact) mass is 984 g/mol. The average molecular weight is 985 g/mol. The number of nitrogens with zero attached hydrogens (tertiary/aromatic N) is 1. The molecule has 0 rings (SSSR count). The van der Waals surface area contributed by atoms with Crippen LogP contribution in [0.3, 0.4) is 0 Å². The summed E-state index contributed by atoms with van der Waals surface area (Å²) in [5.74, 6) is -0.143. The molecule has 0 heterocycles. The number of carbonyl (C=O) groups excluding carboxylic acids is 1. The first kappa shape index (κ1) is 67.2. The molecule has 0 aliphatic heterocycles. The van der Waals surface area contributed by atoms with Crippen molar-refractivity contribution < 1.29 is 32.9 Å². The highest BCUT2D eigenvalue weighted by atomic mass is 31.2. The number of hydrogen-bond acceptors (Lipinski definition) is 5. The number of likely N-dealkylation sites (N-methyl/N-ethyl adjacent to an activating group) is 1. The Morgan fingerprint density at radius 3 is 1.13 bits per heavy atom. The van der Waals surface area contributed by atoms with Crippen molar-refractivity contribution in [1.29, 1.82) is 0 Å². The third-order valence-corrected chi connectivity index (χ3v) is 15.0. The Labute approximate surface area is 424 Å². The van der Waals surface area contributed by atoms with Gasteiger partial charge in [-0.2, -0.15) is 0 Å². The van der Waals surface area contributed by atoms with Gasteiger partial charge in [0.25, 0.3) is 0 Å². The van der Waals surface area contributed by atoms with Crippen molar-refractivity contribution in [2.75, 3.05) is 40.9 Å². The summed E-state index contributed by atoms with van der Waals surface area (Å²) >= 11 is 0. The number of aliphatic hydroxyl groups excluding tert-OH is 1. The minimum atomic E-state index is -4.32. The van der Waals surface area contributed by atoms with Gasteiger partial charge in [-0.1, -0.05) is 276 Å². The Hall–Kier alpha value is -0.760. The molecule has 0 radical (unpaired) electrons. The third-order valence-electron chi connectivity index (χ3n) is 14.0. The van der Waals surface area contributed by atoms with Gasteiger partial charge in [-0.25, -0.2) is 4.57 Å². The van der Waals surface area contributed by atoms with E-state index in [9.17, 15) is 19.4 Å². The summed E-state index contributed by atoms with van der Waals surface area (Å²) in [5, 5.41) is 14.1.